The first-order valence-corrected chi connectivity index (χ1v) is 11.3. The second kappa shape index (κ2) is 8.52. The highest BCUT2D eigenvalue weighted by Gasteiger charge is 2.48. The highest BCUT2D eigenvalue weighted by atomic mass is 16.5. The van der Waals surface area contributed by atoms with Crippen molar-refractivity contribution in [2.24, 2.45) is 11.8 Å². The second-order valence-electron chi connectivity index (χ2n) is 8.96. The van der Waals surface area contributed by atoms with E-state index in [0.717, 1.165) is 57.4 Å². The molecule has 0 radical (unpaired) electrons. The second-order valence-corrected chi connectivity index (χ2v) is 8.96. The molecule has 160 valence electrons. The largest absolute Gasteiger partial charge is 0.496 e. The van der Waals surface area contributed by atoms with Crippen LogP contribution in [0.2, 0.25) is 0 Å². The lowest BCUT2D eigenvalue weighted by Gasteiger charge is -2.48. The number of rotatable bonds is 5. The van der Waals surface area contributed by atoms with Crippen molar-refractivity contribution < 1.29 is 19.1 Å². The van der Waals surface area contributed by atoms with Gasteiger partial charge in [-0.15, -0.1) is 0 Å². The van der Waals surface area contributed by atoms with Gasteiger partial charge in [0, 0.05) is 38.5 Å². The molecule has 0 spiro atoms. The fraction of sp³-hybridized carbons (Fsp3) is 0.583. The van der Waals surface area contributed by atoms with E-state index in [4.69, 9.17) is 9.47 Å². The van der Waals surface area contributed by atoms with E-state index < -0.39 is 0 Å². The third-order valence-electron chi connectivity index (χ3n) is 7.10. The van der Waals surface area contributed by atoms with Crippen LogP contribution in [0.1, 0.15) is 37.7 Å². The summed E-state index contributed by atoms with van der Waals surface area (Å²) in [6.07, 6.45) is 6.13. The zero-order valence-electron chi connectivity index (χ0n) is 17.4. The lowest BCUT2D eigenvalue weighted by atomic mass is 9.71. The van der Waals surface area contributed by atoms with E-state index in [-0.39, 0.29) is 35.7 Å². The molecule has 2 saturated heterocycles. The average Bonchev–Trinajstić information content (AvgIpc) is 3.19. The van der Waals surface area contributed by atoms with Crippen molar-refractivity contribution >= 4 is 17.3 Å². The smallest absolute Gasteiger partial charge is 0.222 e. The summed E-state index contributed by atoms with van der Waals surface area (Å²) in [7, 11) is 0. The van der Waals surface area contributed by atoms with E-state index in [2.05, 4.69) is 4.90 Å². The van der Waals surface area contributed by atoms with E-state index in [1.807, 2.05) is 35.2 Å². The summed E-state index contributed by atoms with van der Waals surface area (Å²) in [5.41, 5.74) is 1.63. The molecule has 0 bridgehead atoms. The fourth-order valence-corrected chi connectivity index (χ4v) is 5.50. The van der Waals surface area contributed by atoms with Crippen LogP contribution in [0.25, 0.3) is 5.57 Å². The molecular weight excluding hydrogens is 380 g/mol. The summed E-state index contributed by atoms with van der Waals surface area (Å²) in [6, 6.07) is 9.80. The van der Waals surface area contributed by atoms with Crippen LogP contribution in [0.5, 0.6) is 0 Å². The van der Waals surface area contributed by atoms with Crippen molar-refractivity contribution in [2.75, 3.05) is 32.9 Å². The molecule has 30 heavy (non-hydrogen) atoms. The SMILES string of the molecule is O=C1C(c2ccccc2)=COC2C1CCC1OCN(CCCN3CCCC3=O)CC12. The summed E-state index contributed by atoms with van der Waals surface area (Å²) in [4.78, 5) is 29.3. The van der Waals surface area contributed by atoms with Gasteiger partial charge in [0.15, 0.2) is 5.78 Å². The molecule has 6 heteroatoms. The molecule has 4 atom stereocenters. The predicted octanol–water partition coefficient (Wildman–Crippen LogP) is 2.69. The zero-order chi connectivity index (χ0) is 20.5. The highest BCUT2D eigenvalue weighted by molar-refractivity contribution is 6.22. The van der Waals surface area contributed by atoms with Crippen LogP contribution < -0.4 is 0 Å². The topological polar surface area (TPSA) is 59.1 Å². The van der Waals surface area contributed by atoms with Gasteiger partial charge in [-0.05, 0) is 31.2 Å². The summed E-state index contributed by atoms with van der Waals surface area (Å²) < 4.78 is 12.4. The van der Waals surface area contributed by atoms with Gasteiger partial charge in [-0.1, -0.05) is 30.3 Å². The number of amides is 1. The van der Waals surface area contributed by atoms with Crippen molar-refractivity contribution in [3.8, 4) is 0 Å². The van der Waals surface area contributed by atoms with Gasteiger partial charge in [0.2, 0.25) is 5.91 Å². The number of ether oxygens (including phenoxy) is 2. The van der Waals surface area contributed by atoms with Crippen LogP contribution in [0.15, 0.2) is 36.6 Å². The third-order valence-corrected chi connectivity index (χ3v) is 7.10. The minimum absolute atomic E-state index is 0.0859. The molecule has 0 N–H and O–H groups in total. The number of benzene rings is 1. The van der Waals surface area contributed by atoms with Gasteiger partial charge in [0.25, 0.3) is 0 Å². The van der Waals surface area contributed by atoms with Crippen molar-refractivity contribution in [1.82, 2.24) is 9.80 Å². The molecule has 3 heterocycles. The van der Waals surface area contributed by atoms with Crippen LogP contribution in [0, 0.1) is 11.8 Å². The quantitative estimate of drug-likeness (QED) is 0.747. The van der Waals surface area contributed by atoms with Crippen LogP contribution in [-0.2, 0) is 19.1 Å². The normalized spacial score (nSPS) is 31.7. The number of hydrogen-bond donors (Lipinski definition) is 0. The van der Waals surface area contributed by atoms with Crippen molar-refractivity contribution in [2.45, 2.75) is 44.3 Å². The highest BCUT2D eigenvalue weighted by Crippen LogP contribution is 2.41. The Labute approximate surface area is 177 Å². The Morgan fingerprint density at radius 2 is 1.93 bits per heavy atom. The van der Waals surface area contributed by atoms with E-state index >= 15 is 0 Å². The molecule has 1 aromatic carbocycles. The number of ketones is 1. The summed E-state index contributed by atoms with van der Waals surface area (Å²) in [5, 5.41) is 0. The minimum atomic E-state index is -0.105. The standard InChI is InChI=1S/C24H30N2O4/c27-22-8-4-12-26(22)13-5-11-25-14-19-21(30-16-25)10-9-18-23(28)20(15-29-24(18)19)17-6-2-1-3-7-17/h1-3,6-7,15,18-19,21,24H,4-5,8-14,16H2. The van der Waals surface area contributed by atoms with Crippen molar-refractivity contribution in [3.05, 3.63) is 42.2 Å². The lowest BCUT2D eigenvalue weighted by Crippen LogP contribution is -2.56. The number of nitrogens with zero attached hydrogens (tertiary/aromatic N) is 2. The van der Waals surface area contributed by atoms with Gasteiger partial charge in [0.05, 0.1) is 30.6 Å². The monoisotopic (exact) mass is 410 g/mol. The number of fused-ring (bicyclic) bond motifs is 3. The first-order valence-electron chi connectivity index (χ1n) is 11.3. The van der Waals surface area contributed by atoms with Crippen LogP contribution in [0.3, 0.4) is 0 Å². The van der Waals surface area contributed by atoms with Gasteiger partial charge < -0.3 is 14.4 Å². The fourth-order valence-electron chi connectivity index (χ4n) is 5.50. The Balaban J connectivity index is 1.22. The van der Waals surface area contributed by atoms with Crippen LogP contribution in [-0.4, -0.2) is 66.6 Å². The molecule has 3 aliphatic heterocycles. The molecule has 4 unspecified atom stereocenters. The van der Waals surface area contributed by atoms with E-state index in [9.17, 15) is 9.59 Å². The van der Waals surface area contributed by atoms with Crippen LogP contribution in [0.4, 0.5) is 0 Å². The van der Waals surface area contributed by atoms with E-state index in [1.165, 1.54) is 0 Å². The number of allylic oxidation sites excluding steroid dienone is 1. The molecule has 3 fully saturated rings. The van der Waals surface area contributed by atoms with Crippen LogP contribution >= 0.6 is 0 Å². The minimum Gasteiger partial charge on any atom is -0.496 e. The Kier molecular flexibility index (Phi) is 5.61. The first kappa shape index (κ1) is 19.8. The number of Topliss-reactive ketones (excluding diaryl/α,β-unsaturated/α-hetero) is 1. The molecule has 1 aliphatic carbocycles. The number of likely N-dealkylation sites (tertiary alicyclic amines) is 1. The van der Waals surface area contributed by atoms with E-state index in [1.54, 1.807) is 6.26 Å². The maximum absolute atomic E-state index is 13.2. The van der Waals surface area contributed by atoms with Gasteiger partial charge >= 0.3 is 0 Å². The molecule has 0 aromatic heterocycles. The van der Waals surface area contributed by atoms with Gasteiger partial charge in [-0.3, -0.25) is 14.5 Å². The summed E-state index contributed by atoms with van der Waals surface area (Å²) in [5.74, 6) is 0.622. The van der Waals surface area contributed by atoms with Crippen molar-refractivity contribution in [1.29, 1.82) is 0 Å². The van der Waals surface area contributed by atoms with E-state index in [0.29, 0.717) is 18.7 Å². The van der Waals surface area contributed by atoms with Gasteiger partial charge in [-0.25, -0.2) is 0 Å². The molecule has 1 saturated carbocycles. The molecular formula is C24H30N2O4. The molecule has 4 aliphatic rings. The first-order chi connectivity index (χ1) is 14.7. The Hall–Kier alpha value is -2.18. The molecule has 1 amide bonds. The Bertz CT molecular complexity index is 824. The Morgan fingerprint density at radius 1 is 1.07 bits per heavy atom. The predicted molar refractivity (Wildman–Crippen MR) is 112 cm³/mol. The molecule has 1 aromatic rings. The van der Waals surface area contributed by atoms with Gasteiger partial charge in [-0.2, -0.15) is 0 Å². The summed E-state index contributed by atoms with van der Waals surface area (Å²) in [6.45, 7) is 4.15. The average molecular weight is 411 g/mol. The maximum atomic E-state index is 13.2. The third kappa shape index (κ3) is 3.79. The number of hydrogen-bond acceptors (Lipinski definition) is 5. The number of carbonyl (C=O) groups excluding carboxylic acids is 2. The zero-order valence-corrected chi connectivity index (χ0v) is 17.4. The number of carbonyl (C=O) groups is 2. The summed E-state index contributed by atoms with van der Waals surface area (Å²) >= 11 is 0. The van der Waals surface area contributed by atoms with Gasteiger partial charge in [0.1, 0.15) is 6.10 Å². The molecule has 5 rings (SSSR count). The maximum Gasteiger partial charge on any atom is 0.222 e. The Morgan fingerprint density at radius 3 is 2.73 bits per heavy atom. The molecule has 6 nitrogen and oxygen atoms in total. The lowest BCUT2D eigenvalue weighted by molar-refractivity contribution is -0.170. The van der Waals surface area contributed by atoms with Crippen molar-refractivity contribution in [3.63, 3.8) is 0 Å².